The van der Waals surface area contributed by atoms with Gasteiger partial charge in [-0.05, 0) is 31.5 Å². The number of aromatic nitrogens is 2. The summed E-state index contributed by atoms with van der Waals surface area (Å²) in [5, 5.41) is 0. The Morgan fingerprint density at radius 2 is 1.95 bits per heavy atom. The quantitative estimate of drug-likeness (QED) is 0.931. The Balaban J connectivity index is 1.71. The number of nitrogens with zero attached hydrogens (tertiary/aromatic N) is 3. The first kappa shape index (κ1) is 13.8. The van der Waals surface area contributed by atoms with E-state index in [9.17, 15) is 4.79 Å². The van der Waals surface area contributed by atoms with E-state index in [0.29, 0.717) is 5.56 Å². The highest BCUT2D eigenvalue weighted by Gasteiger charge is 2.20. The molecule has 3 rings (SSSR count). The fourth-order valence-electron chi connectivity index (χ4n) is 2.83. The van der Waals surface area contributed by atoms with E-state index in [-0.39, 0.29) is 5.91 Å². The number of rotatable bonds is 3. The Hall–Kier alpha value is -2.14. The fraction of sp³-hybridized carbons (Fsp3) is 0.375. The minimum atomic E-state index is -0.382. The van der Waals surface area contributed by atoms with Crippen LogP contribution in [0.15, 0.2) is 24.3 Å². The lowest BCUT2D eigenvalue weighted by Crippen LogP contribution is -2.33. The fourth-order valence-corrected chi connectivity index (χ4v) is 2.83. The number of hydrogen-bond donors (Lipinski definition) is 1. The van der Waals surface area contributed by atoms with E-state index in [1.54, 1.807) is 12.1 Å². The zero-order valence-electron chi connectivity index (χ0n) is 12.5. The van der Waals surface area contributed by atoms with Crippen LogP contribution in [0.4, 0.5) is 0 Å². The zero-order valence-corrected chi connectivity index (χ0v) is 12.5. The van der Waals surface area contributed by atoms with Gasteiger partial charge >= 0.3 is 0 Å². The molecule has 110 valence electrons. The second kappa shape index (κ2) is 5.33. The summed E-state index contributed by atoms with van der Waals surface area (Å²) in [5.41, 5.74) is 9.40. The molecule has 0 unspecified atom stereocenters. The van der Waals surface area contributed by atoms with Gasteiger partial charge in [-0.3, -0.25) is 9.69 Å². The van der Waals surface area contributed by atoms with Crippen molar-refractivity contribution in [3.05, 3.63) is 52.6 Å². The summed E-state index contributed by atoms with van der Waals surface area (Å²) < 4.78 is 2.31. The molecular weight excluding hydrogens is 264 g/mol. The lowest BCUT2D eigenvalue weighted by Gasteiger charge is -2.28. The lowest BCUT2D eigenvalue weighted by atomic mass is 10.1. The number of primary amides is 1. The van der Waals surface area contributed by atoms with E-state index in [1.807, 2.05) is 12.1 Å². The summed E-state index contributed by atoms with van der Waals surface area (Å²) in [4.78, 5) is 18.1. The third kappa shape index (κ3) is 2.69. The van der Waals surface area contributed by atoms with Crippen LogP contribution >= 0.6 is 0 Å². The van der Waals surface area contributed by atoms with Gasteiger partial charge in [0, 0.05) is 30.9 Å². The molecule has 0 fully saturated rings. The van der Waals surface area contributed by atoms with Crippen LogP contribution in [0.5, 0.6) is 0 Å². The van der Waals surface area contributed by atoms with Gasteiger partial charge in [0.25, 0.3) is 0 Å². The Kier molecular flexibility index (Phi) is 3.51. The molecule has 1 amide bonds. The van der Waals surface area contributed by atoms with Gasteiger partial charge in [0.1, 0.15) is 5.82 Å². The topological polar surface area (TPSA) is 64.2 Å². The number of carbonyl (C=O) groups excluding carboxylic acids is 1. The number of fused-ring (bicyclic) bond motifs is 1. The van der Waals surface area contributed by atoms with Crippen LogP contribution in [0.2, 0.25) is 0 Å². The minimum absolute atomic E-state index is 0.382. The van der Waals surface area contributed by atoms with Crippen molar-refractivity contribution in [2.45, 2.75) is 33.5 Å². The van der Waals surface area contributed by atoms with Crippen LogP contribution in [0.1, 0.15) is 33.1 Å². The van der Waals surface area contributed by atoms with Crippen molar-refractivity contribution in [3.63, 3.8) is 0 Å². The van der Waals surface area contributed by atoms with Gasteiger partial charge in [-0.15, -0.1) is 0 Å². The lowest BCUT2D eigenvalue weighted by molar-refractivity contribution is 0.100. The molecule has 0 spiro atoms. The second-order valence-electron chi connectivity index (χ2n) is 5.62. The maximum atomic E-state index is 11.1. The standard InChI is InChI=1S/C16H20N4O/c1-11-12(2)20-8-7-19(10-15(20)18-11)9-13-3-5-14(6-4-13)16(17)21/h3-6H,7-10H2,1-2H3,(H2,17,21). The maximum Gasteiger partial charge on any atom is 0.248 e. The molecular formula is C16H20N4O. The van der Waals surface area contributed by atoms with Gasteiger partial charge in [-0.2, -0.15) is 0 Å². The molecule has 0 saturated heterocycles. The number of nitrogens with two attached hydrogens (primary N) is 1. The number of amides is 1. The van der Waals surface area contributed by atoms with Gasteiger partial charge in [0.05, 0.1) is 12.2 Å². The van der Waals surface area contributed by atoms with Gasteiger partial charge in [-0.1, -0.05) is 12.1 Å². The van der Waals surface area contributed by atoms with Crippen molar-refractivity contribution in [2.24, 2.45) is 5.73 Å². The summed E-state index contributed by atoms with van der Waals surface area (Å²) in [6.07, 6.45) is 0. The summed E-state index contributed by atoms with van der Waals surface area (Å²) >= 11 is 0. The normalized spacial score (nSPS) is 15.0. The summed E-state index contributed by atoms with van der Waals surface area (Å²) in [6.45, 7) is 7.93. The Bertz CT molecular complexity index is 672. The SMILES string of the molecule is Cc1nc2n(c1C)CCN(Cc1ccc(C(N)=O)cc1)C2. The average Bonchev–Trinajstić information content (AvgIpc) is 2.74. The van der Waals surface area contributed by atoms with E-state index in [2.05, 4.69) is 28.3 Å². The molecule has 1 aromatic carbocycles. The predicted octanol–water partition coefficient (Wildman–Crippen LogP) is 1.61. The van der Waals surface area contributed by atoms with E-state index >= 15 is 0 Å². The minimum Gasteiger partial charge on any atom is -0.366 e. The molecule has 5 nitrogen and oxygen atoms in total. The van der Waals surface area contributed by atoms with Gasteiger partial charge in [0.15, 0.2) is 0 Å². The van der Waals surface area contributed by atoms with Crippen molar-refractivity contribution in [1.29, 1.82) is 0 Å². The molecule has 0 radical (unpaired) electrons. The highest BCUT2D eigenvalue weighted by atomic mass is 16.1. The van der Waals surface area contributed by atoms with Gasteiger partial charge < -0.3 is 10.3 Å². The second-order valence-corrected chi connectivity index (χ2v) is 5.62. The highest BCUT2D eigenvalue weighted by Crippen LogP contribution is 2.18. The molecule has 21 heavy (non-hydrogen) atoms. The Labute approximate surface area is 124 Å². The first-order chi connectivity index (χ1) is 10.0. The van der Waals surface area contributed by atoms with Crippen LogP contribution in [-0.2, 0) is 19.6 Å². The highest BCUT2D eigenvalue weighted by molar-refractivity contribution is 5.92. The maximum absolute atomic E-state index is 11.1. The summed E-state index contributed by atoms with van der Waals surface area (Å²) in [7, 11) is 0. The van der Waals surface area contributed by atoms with E-state index in [1.165, 1.54) is 11.3 Å². The Morgan fingerprint density at radius 3 is 2.62 bits per heavy atom. The van der Waals surface area contributed by atoms with Crippen LogP contribution in [-0.4, -0.2) is 26.9 Å². The Morgan fingerprint density at radius 1 is 1.24 bits per heavy atom. The molecule has 0 aliphatic carbocycles. The molecule has 2 N–H and O–H groups in total. The third-order valence-electron chi connectivity index (χ3n) is 4.19. The van der Waals surface area contributed by atoms with Crippen molar-refractivity contribution in [2.75, 3.05) is 6.54 Å². The van der Waals surface area contributed by atoms with Gasteiger partial charge in [0.2, 0.25) is 5.91 Å². The number of aryl methyl sites for hydroxylation is 1. The van der Waals surface area contributed by atoms with Crippen molar-refractivity contribution < 1.29 is 4.79 Å². The molecule has 5 heteroatoms. The largest absolute Gasteiger partial charge is 0.366 e. The van der Waals surface area contributed by atoms with E-state index in [0.717, 1.165) is 37.7 Å². The first-order valence-electron chi connectivity index (χ1n) is 7.18. The number of carbonyl (C=O) groups is 1. The van der Waals surface area contributed by atoms with E-state index < -0.39 is 0 Å². The van der Waals surface area contributed by atoms with Crippen molar-refractivity contribution in [1.82, 2.24) is 14.5 Å². The van der Waals surface area contributed by atoms with Crippen molar-refractivity contribution in [3.8, 4) is 0 Å². The van der Waals surface area contributed by atoms with Crippen LogP contribution in [0, 0.1) is 13.8 Å². The number of benzene rings is 1. The zero-order chi connectivity index (χ0) is 15.0. The van der Waals surface area contributed by atoms with Crippen LogP contribution in [0.3, 0.4) is 0 Å². The monoisotopic (exact) mass is 284 g/mol. The van der Waals surface area contributed by atoms with E-state index in [4.69, 9.17) is 5.73 Å². The third-order valence-corrected chi connectivity index (χ3v) is 4.19. The summed E-state index contributed by atoms with van der Waals surface area (Å²) in [5.74, 6) is 0.762. The molecule has 2 heterocycles. The van der Waals surface area contributed by atoms with Gasteiger partial charge in [-0.25, -0.2) is 4.98 Å². The molecule has 1 aliphatic heterocycles. The number of hydrogen-bond acceptors (Lipinski definition) is 3. The van der Waals surface area contributed by atoms with Crippen LogP contribution in [0.25, 0.3) is 0 Å². The molecule has 0 atom stereocenters. The molecule has 0 bridgehead atoms. The molecule has 2 aromatic rings. The smallest absolute Gasteiger partial charge is 0.248 e. The molecule has 0 saturated carbocycles. The first-order valence-corrected chi connectivity index (χ1v) is 7.18. The predicted molar refractivity (Wildman–Crippen MR) is 80.8 cm³/mol. The number of imidazole rings is 1. The summed E-state index contributed by atoms with van der Waals surface area (Å²) in [6, 6.07) is 7.52. The van der Waals surface area contributed by atoms with Crippen molar-refractivity contribution >= 4 is 5.91 Å². The molecule has 1 aliphatic rings. The average molecular weight is 284 g/mol. The van der Waals surface area contributed by atoms with Crippen LogP contribution < -0.4 is 5.73 Å². The molecule has 1 aromatic heterocycles.